The second kappa shape index (κ2) is 6.38. The number of anilines is 2. The summed E-state index contributed by atoms with van der Waals surface area (Å²) in [7, 11) is 0. The number of hydrogen-bond donors (Lipinski definition) is 0. The summed E-state index contributed by atoms with van der Waals surface area (Å²) in [5.41, 5.74) is 8.88. The van der Waals surface area contributed by atoms with Crippen LogP contribution in [0, 0.1) is 11.8 Å². The van der Waals surface area contributed by atoms with Crippen LogP contribution < -0.4 is 26.0 Å². The smallest absolute Gasteiger partial charge is 0.256 e. The van der Waals surface area contributed by atoms with Crippen LogP contribution in [0.15, 0.2) is 72.8 Å². The van der Waals surface area contributed by atoms with Crippen molar-refractivity contribution in [2.75, 3.05) is 4.90 Å². The summed E-state index contributed by atoms with van der Waals surface area (Å²) in [5, 5.41) is 2.53. The largest absolute Gasteiger partial charge is 0.458 e. The van der Waals surface area contributed by atoms with Crippen molar-refractivity contribution >= 4 is 45.2 Å². The van der Waals surface area contributed by atoms with Gasteiger partial charge in [0.1, 0.15) is 11.5 Å². The molecule has 0 radical (unpaired) electrons. The van der Waals surface area contributed by atoms with Crippen LogP contribution in [0.25, 0.3) is 10.8 Å². The maximum absolute atomic E-state index is 6.71. The third-order valence-corrected chi connectivity index (χ3v) is 11.2. The first-order valence-electron chi connectivity index (χ1n) is 13.9. The molecule has 3 aliphatic heterocycles. The Kier molecular flexibility index (Phi) is 3.53. The van der Waals surface area contributed by atoms with Crippen molar-refractivity contribution in [1.82, 2.24) is 0 Å². The molecule has 5 aliphatic rings. The van der Waals surface area contributed by atoms with Gasteiger partial charge in [0.2, 0.25) is 0 Å². The lowest BCUT2D eigenvalue weighted by Gasteiger charge is -2.57. The molecule has 2 saturated carbocycles. The van der Waals surface area contributed by atoms with Gasteiger partial charge in [0.15, 0.2) is 0 Å². The molecule has 0 saturated heterocycles. The highest BCUT2D eigenvalue weighted by Gasteiger charge is 2.66. The molecule has 3 heterocycles. The molecule has 176 valence electrons. The molecule has 9 rings (SSSR count). The van der Waals surface area contributed by atoms with Gasteiger partial charge >= 0.3 is 0 Å². The third-order valence-electron chi connectivity index (χ3n) is 11.2. The maximum atomic E-state index is 6.71. The Bertz CT molecular complexity index is 1630. The van der Waals surface area contributed by atoms with E-state index in [9.17, 15) is 0 Å². The van der Waals surface area contributed by atoms with Crippen molar-refractivity contribution in [3.05, 3.63) is 78.4 Å². The monoisotopic (exact) mass is 467 g/mol. The molecule has 0 aromatic heterocycles. The molecule has 36 heavy (non-hydrogen) atoms. The fourth-order valence-corrected chi connectivity index (χ4v) is 9.43. The average molecular weight is 467 g/mol. The minimum Gasteiger partial charge on any atom is -0.458 e. The normalized spacial score (nSPS) is 30.3. The molecule has 0 N–H and O–H groups in total. The molecule has 4 aromatic carbocycles. The van der Waals surface area contributed by atoms with Crippen molar-refractivity contribution < 1.29 is 4.74 Å². The summed E-state index contributed by atoms with van der Waals surface area (Å²) in [6, 6.07) is 27.3. The molecule has 0 spiro atoms. The zero-order chi connectivity index (χ0) is 23.8. The first-order chi connectivity index (χ1) is 17.6. The van der Waals surface area contributed by atoms with Crippen LogP contribution in [0.2, 0.25) is 0 Å². The topological polar surface area (TPSA) is 12.5 Å². The molecule has 0 bridgehead atoms. The minimum absolute atomic E-state index is 0.0919. The summed E-state index contributed by atoms with van der Waals surface area (Å²) in [6.45, 7) is 5.41. The maximum Gasteiger partial charge on any atom is 0.256 e. The number of para-hydroxylation sites is 1. The number of benzene rings is 4. The zero-order valence-electron chi connectivity index (χ0n) is 21.1. The van der Waals surface area contributed by atoms with E-state index in [0.29, 0.717) is 0 Å². The standard InChI is InChI=1S/C33H30BNO/c1-32-17-16-20-10-5-11-23(20)33(32,2)35-27-14-7-15-28-30(27)34(25-13-6-12-24(32)31(25)35)26-18-21-8-3-4-9-22(21)19-29(26)36-28/h3-4,6-9,12-15,18-20,23H,5,10-11,16-17H2,1-2H3/t20?,23?,32-,33?/m0/s1. The minimum atomic E-state index is 0.0919. The number of hydrogen-bond acceptors (Lipinski definition) is 2. The Labute approximate surface area is 213 Å². The molecule has 2 aliphatic carbocycles. The van der Waals surface area contributed by atoms with E-state index in [-0.39, 0.29) is 17.7 Å². The SMILES string of the molecule is CC12C3CCCC3CC[C@@]1(C)c1cccc3c1N2c1cccc2c1B3c1cc3ccccc3cc1O2. The van der Waals surface area contributed by atoms with Crippen LogP contribution in [0.1, 0.15) is 51.5 Å². The predicted octanol–water partition coefficient (Wildman–Crippen LogP) is 6.15. The van der Waals surface area contributed by atoms with Gasteiger partial charge in [0, 0.05) is 16.8 Å². The quantitative estimate of drug-likeness (QED) is 0.253. The van der Waals surface area contributed by atoms with Gasteiger partial charge in [-0.3, -0.25) is 0 Å². The third kappa shape index (κ3) is 2.08. The summed E-state index contributed by atoms with van der Waals surface area (Å²) >= 11 is 0. The molecular weight excluding hydrogens is 437 g/mol. The van der Waals surface area contributed by atoms with Gasteiger partial charge in [-0.2, -0.15) is 0 Å². The van der Waals surface area contributed by atoms with Gasteiger partial charge in [0.25, 0.3) is 6.71 Å². The van der Waals surface area contributed by atoms with Gasteiger partial charge in [-0.25, -0.2) is 0 Å². The van der Waals surface area contributed by atoms with Crippen LogP contribution in [0.5, 0.6) is 11.5 Å². The predicted molar refractivity (Wildman–Crippen MR) is 150 cm³/mol. The summed E-state index contributed by atoms with van der Waals surface area (Å²) in [4.78, 5) is 2.82. The number of ether oxygens (including phenoxy) is 1. The van der Waals surface area contributed by atoms with E-state index in [1.165, 1.54) is 70.6 Å². The highest BCUT2D eigenvalue weighted by molar-refractivity contribution is 6.99. The van der Waals surface area contributed by atoms with Gasteiger partial charge in [-0.1, -0.05) is 74.4 Å². The van der Waals surface area contributed by atoms with E-state index < -0.39 is 0 Å². The van der Waals surface area contributed by atoms with Crippen LogP contribution in [0.4, 0.5) is 11.4 Å². The molecule has 4 atom stereocenters. The molecule has 0 amide bonds. The molecule has 4 aromatic rings. The summed E-state index contributed by atoms with van der Waals surface area (Å²) in [5.74, 6) is 3.65. The summed E-state index contributed by atoms with van der Waals surface area (Å²) in [6.07, 6.45) is 6.82. The van der Waals surface area contributed by atoms with Gasteiger partial charge in [-0.15, -0.1) is 0 Å². The number of fused-ring (bicyclic) bond motifs is 10. The lowest BCUT2D eigenvalue weighted by atomic mass is 9.34. The van der Waals surface area contributed by atoms with E-state index in [1.807, 2.05) is 0 Å². The lowest BCUT2D eigenvalue weighted by molar-refractivity contribution is 0.0831. The van der Waals surface area contributed by atoms with Crippen LogP contribution in [0.3, 0.4) is 0 Å². The average Bonchev–Trinajstić information content (AvgIpc) is 3.46. The van der Waals surface area contributed by atoms with Crippen LogP contribution >= 0.6 is 0 Å². The first kappa shape index (κ1) is 19.9. The molecule has 2 nitrogen and oxygen atoms in total. The zero-order valence-corrected chi connectivity index (χ0v) is 21.1. The van der Waals surface area contributed by atoms with Gasteiger partial charge < -0.3 is 9.64 Å². The van der Waals surface area contributed by atoms with Gasteiger partial charge in [-0.05, 0) is 88.9 Å². The molecular formula is C33H30BNO. The Morgan fingerprint density at radius 3 is 2.56 bits per heavy atom. The lowest BCUT2D eigenvalue weighted by Crippen LogP contribution is -2.66. The van der Waals surface area contributed by atoms with Crippen molar-refractivity contribution in [3.8, 4) is 11.5 Å². The molecule has 2 fully saturated rings. The Balaban J connectivity index is 1.38. The Morgan fingerprint density at radius 1 is 0.833 bits per heavy atom. The summed E-state index contributed by atoms with van der Waals surface area (Å²) < 4.78 is 6.71. The fraction of sp³-hybridized carbons (Fsp3) is 0.333. The second-order valence-corrected chi connectivity index (χ2v) is 12.4. The van der Waals surface area contributed by atoms with E-state index in [2.05, 4.69) is 91.5 Å². The first-order valence-corrected chi connectivity index (χ1v) is 13.9. The Hall–Kier alpha value is -3.20. The number of rotatable bonds is 0. The van der Waals surface area contributed by atoms with Crippen LogP contribution in [-0.2, 0) is 5.41 Å². The highest BCUT2D eigenvalue weighted by Crippen LogP contribution is 2.66. The fourth-order valence-electron chi connectivity index (χ4n) is 9.43. The van der Waals surface area contributed by atoms with Crippen molar-refractivity contribution in [2.24, 2.45) is 11.8 Å². The number of nitrogens with zero attached hydrogens (tertiary/aromatic N) is 1. The van der Waals surface area contributed by atoms with E-state index in [4.69, 9.17) is 4.74 Å². The Morgan fingerprint density at radius 2 is 1.67 bits per heavy atom. The van der Waals surface area contributed by atoms with E-state index in [1.54, 1.807) is 5.56 Å². The van der Waals surface area contributed by atoms with Gasteiger partial charge in [0.05, 0.1) is 5.54 Å². The second-order valence-electron chi connectivity index (χ2n) is 12.4. The van der Waals surface area contributed by atoms with Crippen molar-refractivity contribution in [3.63, 3.8) is 0 Å². The van der Waals surface area contributed by atoms with E-state index in [0.717, 1.165) is 23.3 Å². The molecule has 3 unspecified atom stereocenters. The van der Waals surface area contributed by atoms with Crippen molar-refractivity contribution in [2.45, 2.75) is 56.9 Å². The molecule has 3 heteroatoms. The van der Waals surface area contributed by atoms with Crippen molar-refractivity contribution in [1.29, 1.82) is 0 Å². The van der Waals surface area contributed by atoms with Crippen LogP contribution in [-0.4, -0.2) is 12.3 Å². The van der Waals surface area contributed by atoms with E-state index >= 15 is 0 Å². The highest BCUT2D eigenvalue weighted by atomic mass is 16.5.